The molecular weight excluding hydrogens is 355 g/mol. The normalized spacial score (nSPS) is 21.9. The first-order chi connectivity index (χ1) is 13.2. The Morgan fingerprint density at radius 2 is 1.44 bits per heavy atom. The van der Waals surface area contributed by atoms with Gasteiger partial charge in [-0.2, -0.15) is 9.88 Å². The van der Waals surface area contributed by atoms with Crippen molar-refractivity contribution in [2.24, 2.45) is 5.10 Å². The SMILES string of the molecule is CCOP1(=O)C(c2ccccc2)C(c2ccccc2)=NN1c1ccccc1. The highest BCUT2D eigenvalue weighted by Crippen LogP contribution is 2.68. The zero-order valence-corrected chi connectivity index (χ0v) is 16.0. The van der Waals surface area contributed by atoms with E-state index in [1.165, 1.54) is 0 Å². The van der Waals surface area contributed by atoms with Crippen LogP contribution in [0.1, 0.15) is 23.7 Å². The van der Waals surface area contributed by atoms with Crippen molar-refractivity contribution in [3.8, 4) is 0 Å². The van der Waals surface area contributed by atoms with Gasteiger partial charge >= 0.3 is 7.52 Å². The van der Waals surface area contributed by atoms with Crippen molar-refractivity contribution in [3.63, 3.8) is 0 Å². The highest BCUT2D eigenvalue weighted by Gasteiger charge is 2.50. The van der Waals surface area contributed by atoms with Gasteiger partial charge in [-0.3, -0.25) is 4.57 Å². The molecule has 0 radical (unpaired) electrons. The molecule has 1 aliphatic rings. The van der Waals surface area contributed by atoms with Crippen molar-refractivity contribution in [1.29, 1.82) is 0 Å². The van der Waals surface area contributed by atoms with Crippen LogP contribution < -0.4 is 4.78 Å². The van der Waals surface area contributed by atoms with E-state index < -0.39 is 13.2 Å². The minimum Gasteiger partial charge on any atom is -0.312 e. The lowest BCUT2D eigenvalue weighted by molar-refractivity contribution is 0.330. The molecule has 0 amide bonds. The van der Waals surface area contributed by atoms with Gasteiger partial charge in [0.25, 0.3) is 0 Å². The van der Waals surface area contributed by atoms with Gasteiger partial charge in [0.2, 0.25) is 0 Å². The summed E-state index contributed by atoms with van der Waals surface area (Å²) in [6.45, 7) is 2.22. The summed E-state index contributed by atoms with van der Waals surface area (Å²) in [5, 5.41) is 4.82. The lowest BCUT2D eigenvalue weighted by atomic mass is 10.0. The summed E-state index contributed by atoms with van der Waals surface area (Å²) in [7, 11) is -3.33. The Labute approximate surface area is 159 Å². The van der Waals surface area contributed by atoms with Gasteiger partial charge in [0.1, 0.15) is 5.66 Å². The maximum atomic E-state index is 14.2. The second-order valence-corrected chi connectivity index (χ2v) is 8.55. The number of benzene rings is 3. The summed E-state index contributed by atoms with van der Waals surface area (Å²) in [5.74, 6) is 0. The number of hydrogen-bond donors (Lipinski definition) is 0. The molecule has 0 aromatic heterocycles. The Bertz CT molecular complexity index is 975. The maximum absolute atomic E-state index is 14.2. The van der Waals surface area contributed by atoms with Gasteiger partial charge in [0.15, 0.2) is 0 Å². The highest BCUT2D eigenvalue weighted by molar-refractivity contribution is 7.62. The van der Waals surface area contributed by atoms with E-state index in [9.17, 15) is 4.57 Å². The molecule has 0 spiro atoms. The smallest absolute Gasteiger partial charge is 0.312 e. The van der Waals surface area contributed by atoms with E-state index in [0.717, 1.165) is 22.5 Å². The zero-order chi connectivity index (χ0) is 18.7. The predicted molar refractivity (Wildman–Crippen MR) is 110 cm³/mol. The fourth-order valence-electron chi connectivity index (χ4n) is 3.38. The van der Waals surface area contributed by atoms with Crippen LogP contribution in [0.3, 0.4) is 0 Å². The van der Waals surface area contributed by atoms with Crippen LogP contribution in [-0.2, 0) is 9.09 Å². The van der Waals surface area contributed by atoms with Crippen molar-refractivity contribution in [1.82, 2.24) is 0 Å². The molecule has 27 heavy (non-hydrogen) atoms. The molecule has 1 heterocycles. The molecule has 5 heteroatoms. The topological polar surface area (TPSA) is 41.9 Å². The van der Waals surface area contributed by atoms with E-state index in [-0.39, 0.29) is 0 Å². The summed E-state index contributed by atoms with van der Waals surface area (Å²) < 4.78 is 21.8. The van der Waals surface area contributed by atoms with Crippen LogP contribution in [0.25, 0.3) is 0 Å². The number of hydrazone groups is 1. The minimum atomic E-state index is -3.33. The molecule has 136 valence electrons. The Kier molecular flexibility index (Phi) is 4.93. The number of nitrogens with zero attached hydrogens (tertiary/aromatic N) is 2. The molecular formula is C22H21N2O2P. The van der Waals surface area contributed by atoms with Crippen molar-refractivity contribution >= 4 is 18.9 Å². The molecule has 2 atom stereocenters. The average molecular weight is 376 g/mol. The predicted octanol–water partition coefficient (Wildman–Crippen LogP) is 5.88. The minimum absolute atomic E-state index is 0.349. The molecule has 4 rings (SSSR count). The van der Waals surface area contributed by atoms with Gasteiger partial charge in [0, 0.05) is 0 Å². The van der Waals surface area contributed by atoms with Gasteiger partial charge in [-0.15, -0.1) is 0 Å². The first kappa shape index (κ1) is 17.7. The Balaban J connectivity index is 1.92. The van der Waals surface area contributed by atoms with Gasteiger partial charge in [0.05, 0.1) is 18.0 Å². The molecule has 0 N–H and O–H groups in total. The number of para-hydroxylation sites is 1. The van der Waals surface area contributed by atoms with Gasteiger partial charge in [-0.25, -0.2) is 0 Å². The Morgan fingerprint density at radius 1 is 0.889 bits per heavy atom. The fourth-order valence-corrected chi connectivity index (χ4v) is 5.97. The van der Waals surface area contributed by atoms with Crippen LogP contribution in [0.4, 0.5) is 5.69 Å². The molecule has 0 bridgehead atoms. The summed E-state index contributed by atoms with van der Waals surface area (Å²) in [6.07, 6.45) is 0. The third-order valence-corrected chi connectivity index (χ3v) is 7.21. The van der Waals surface area contributed by atoms with E-state index in [2.05, 4.69) is 0 Å². The third kappa shape index (κ3) is 3.23. The van der Waals surface area contributed by atoms with Crippen LogP contribution in [0, 0.1) is 0 Å². The van der Waals surface area contributed by atoms with Crippen molar-refractivity contribution < 1.29 is 9.09 Å². The quantitative estimate of drug-likeness (QED) is 0.522. The summed E-state index contributed by atoms with van der Waals surface area (Å²) >= 11 is 0. The second-order valence-electron chi connectivity index (χ2n) is 6.27. The van der Waals surface area contributed by atoms with E-state index >= 15 is 0 Å². The third-order valence-electron chi connectivity index (χ3n) is 4.54. The molecule has 0 fully saturated rings. The zero-order valence-electron chi connectivity index (χ0n) is 15.1. The maximum Gasteiger partial charge on any atom is 0.329 e. The highest BCUT2D eigenvalue weighted by atomic mass is 31.2. The van der Waals surface area contributed by atoms with Crippen LogP contribution in [0.2, 0.25) is 0 Å². The van der Waals surface area contributed by atoms with Crippen molar-refractivity contribution in [2.45, 2.75) is 12.6 Å². The van der Waals surface area contributed by atoms with Crippen LogP contribution in [-0.4, -0.2) is 12.3 Å². The Morgan fingerprint density at radius 3 is 2.04 bits per heavy atom. The number of anilines is 1. The first-order valence-electron chi connectivity index (χ1n) is 9.03. The van der Waals surface area contributed by atoms with E-state index in [4.69, 9.17) is 9.63 Å². The van der Waals surface area contributed by atoms with Crippen LogP contribution >= 0.6 is 7.52 Å². The molecule has 1 aliphatic heterocycles. The number of rotatable bonds is 5. The van der Waals surface area contributed by atoms with E-state index in [0.29, 0.717) is 6.61 Å². The van der Waals surface area contributed by atoms with Crippen LogP contribution in [0.5, 0.6) is 0 Å². The van der Waals surface area contributed by atoms with Gasteiger partial charge in [-0.05, 0) is 30.2 Å². The summed E-state index contributed by atoms with van der Waals surface area (Å²) in [5.41, 5.74) is 2.98. The fraction of sp³-hybridized carbons (Fsp3) is 0.136. The molecule has 0 saturated carbocycles. The van der Waals surface area contributed by atoms with Gasteiger partial charge in [-0.1, -0.05) is 78.9 Å². The molecule has 0 aliphatic carbocycles. The lowest BCUT2D eigenvalue weighted by Crippen LogP contribution is -2.15. The molecule has 4 nitrogen and oxygen atoms in total. The molecule has 2 unspecified atom stereocenters. The first-order valence-corrected chi connectivity index (χ1v) is 10.7. The van der Waals surface area contributed by atoms with Crippen molar-refractivity contribution in [2.75, 3.05) is 11.4 Å². The van der Waals surface area contributed by atoms with Crippen LogP contribution in [0.15, 0.2) is 96.1 Å². The standard InChI is InChI=1S/C22H21N2O2P/c1-2-26-27(25)22(19-14-8-4-9-15-19)21(18-12-6-3-7-13-18)23-24(27)20-16-10-5-11-17-20/h3-17,22H,2H2,1H3. The Hall–Kier alpha value is -2.68. The van der Waals surface area contributed by atoms with E-state index in [1.54, 1.807) is 4.78 Å². The molecule has 3 aromatic carbocycles. The second kappa shape index (κ2) is 7.51. The molecule has 3 aromatic rings. The largest absolute Gasteiger partial charge is 0.329 e. The average Bonchev–Trinajstić information content (AvgIpc) is 3.03. The number of hydrogen-bond acceptors (Lipinski definition) is 3. The van der Waals surface area contributed by atoms with Gasteiger partial charge < -0.3 is 4.52 Å². The van der Waals surface area contributed by atoms with E-state index in [1.807, 2.05) is 97.9 Å². The summed E-state index contributed by atoms with van der Waals surface area (Å²) in [4.78, 5) is 0. The summed E-state index contributed by atoms with van der Waals surface area (Å²) in [6, 6.07) is 29.3. The van der Waals surface area contributed by atoms with Crippen molar-refractivity contribution in [3.05, 3.63) is 102 Å². The monoisotopic (exact) mass is 376 g/mol. The molecule has 0 saturated heterocycles. The lowest BCUT2D eigenvalue weighted by Gasteiger charge is -2.27.